The van der Waals surface area contributed by atoms with Crippen LogP contribution in [0.3, 0.4) is 0 Å². The first-order chi connectivity index (χ1) is 10.4. The smallest absolute Gasteiger partial charge is 0.123 e. The summed E-state index contributed by atoms with van der Waals surface area (Å²) in [7, 11) is 0. The van der Waals surface area contributed by atoms with Gasteiger partial charge in [0.2, 0.25) is 0 Å². The normalized spacial score (nSPS) is 31.7. The van der Waals surface area contributed by atoms with Crippen molar-refractivity contribution in [2.75, 3.05) is 32.8 Å². The van der Waals surface area contributed by atoms with Gasteiger partial charge >= 0.3 is 0 Å². The van der Waals surface area contributed by atoms with E-state index in [0.29, 0.717) is 12.1 Å². The van der Waals surface area contributed by atoms with Crippen molar-refractivity contribution in [1.29, 1.82) is 0 Å². The molecule has 3 atom stereocenters. The third kappa shape index (κ3) is 2.93. The summed E-state index contributed by atoms with van der Waals surface area (Å²) in [5.74, 6) is 1.05. The van der Waals surface area contributed by atoms with E-state index in [4.69, 9.17) is 9.47 Å². The van der Waals surface area contributed by atoms with Gasteiger partial charge in [0.15, 0.2) is 0 Å². The van der Waals surface area contributed by atoms with Gasteiger partial charge in [-0.15, -0.1) is 0 Å². The van der Waals surface area contributed by atoms with Gasteiger partial charge in [0.05, 0.1) is 12.7 Å². The van der Waals surface area contributed by atoms with Gasteiger partial charge < -0.3 is 14.8 Å². The van der Waals surface area contributed by atoms with Crippen LogP contribution >= 0.6 is 0 Å². The van der Waals surface area contributed by atoms with E-state index in [1.54, 1.807) is 0 Å². The van der Waals surface area contributed by atoms with Crippen molar-refractivity contribution in [3.63, 3.8) is 0 Å². The number of rotatable bonds is 4. The van der Waals surface area contributed by atoms with Gasteiger partial charge in [-0.05, 0) is 31.0 Å². The second kappa shape index (κ2) is 5.95. The van der Waals surface area contributed by atoms with E-state index >= 15 is 0 Å². The SMILES string of the molecule is c1ccc2c(c1)CC(CNCC1CN3CCCC3CO1)O2. The fourth-order valence-corrected chi connectivity index (χ4v) is 3.78. The van der Waals surface area contributed by atoms with Crippen LogP contribution in [0.4, 0.5) is 0 Å². The first-order valence-electron chi connectivity index (χ1n) is 8.19. The van der Waals surface area contributed by atoms with E-state index in [1.165, 1.54) is 24.9 Å². The Morgan fingerprint density at radius 1 is 1.19 bits per heavy atom. The predicted molar refractivity (Wildman–Crippen MR) is 81.8 cm³/mol. The summed E-state index contributed by atoms with van der Waals surface area (Å²) in [4.78, 5) is 2.60. The number of hydrogen-bond donors (Lipinski definition) is 1. The molecule has 1 N–H and O–H groups in total. The van der Waals surface area contributed by atoms with Crippen LogP contribution in [0.5, 0.6) is 5.75 Å². The fraction of sp³-hybridized carbons (Fsp3) is 0.647. The van der Waals surface area contributed by atoms with E-state index in [0.717, 1.165) is 38.4 Å². The zero-order valence-electron chi connectivity index (χ0n) is 12.5. The van der Waals surface area contributed by atoms with Gasteiger partial charge in [-0.3, -0.25) is 4.90 Å². The van der Waals surface area contributed by atoms with Crippen LogP contribution in [0.1, 0.15) is 18.4 Å². The van der Waals surface area contributed by atoms with Gasteiger partial charge in [0.25, 0.3) is 0 Å². The molecule has 3 aliphatic heterocycles. The van der Waals surface area contributed by atoms with Crippen LogP contribution in [0, 0.1) is 0 Å². The van der Waals surface area contributed by atoms with E-state index in [2.05, 4.69) is 28.4 Å². The van der Waals surface area contributed by atoms with Gasteiger partial charge in [-0.25, -0.2) is 0 Å². The average molecular weight is 288 g/mol. The van der Waals surface area contributed by atoms with Crippen LogP contribution in [0.2, 0.25) is 0 Å². The molecule has 0 bridgehead atoms. The first-order valence-corrected chi connectivity index (χ1v) is 8.19. The molecule has 0 spiro atoms. The molecule has 0 aromatic heterocycles. The lowest BCUT2D eigenvalue weighted by atomic mass is 10.1. The molecule has 4 heteroatoms. The Kier molecular flexibility index (Phi) is 3.84. The van der Waals surface area contributed by atoms with Gasteiger partial charge in [0.1, 0.15) is 11.9 Å². The highest BCUT2D eigenvalue weighted by atomic mass is 16.5. The molecule has 1 aromatic rings. The second-order valence-corrected chi connectivity index (χ2v) is 6.46. The third-order valence-corrected chi connectivity index (χ3v) is 4.92. The van der Waals surface area contributed by atoms with Crippen molar-refractivity contribution in [3.05, 3.63) is 29.8 Å². The number of nitrogens with zero attached hydrogens (tertiary/aromatic N) is 1. The summed E-state index contributed by atoms with van der Waals surface area (Å²) in [5.41, 5.74) is 1.33. The zero-order chi connectivity index (χ0) is 14.1. The molecule has 2 fully saturated rings. The van der Waals surface area contributed by atoms with E-state index in [9.17, 15) is 0 Å². The summed E-state index contributed by atoms with van der Waals surface area (Å²) < 4.78 is 11.9. The fourth-order valence-electron chi connectivity index (χ4n) is 3.78. The topological polar surface area (TPSA) is 33.7 Å². The highest BCUT2D eigenvalue weighted by Gasteiger charge is 2.32. The van der Waals surface area contributed by atoms with Crippen molar-refractivity contribution in [2.45, 2.75) is 37.5 Å². The molecular formula is C17H24N2O2. The van der Waals surface area contributed by atoms with Crippen molar-refractivity contribution >= 4 is 0 Å². The predicted octanol–water partition coefficient (Wildman–Crippen LogP) is 1.44. The van der Waals surface area contributed by atoms with Crippen molar-refractivity contribution in [2.24, 2.45) is 0 Å². The van der Waals surface area contributed by atoms with E-state index in [1.807, 2.05) is 6.07 Å². The van der Waals surface area contributed by atoms with Crippen molar-refractivity contribution < 1.29 is 9.47 Å². The Labute approximate surface area is 126 Å². The number of para-hydroxylation sites is 1. The molecule has 1 aromatic carbocycles. The number of benzene rings is 1. The summed E-state index contributed by atoms with van der Waals surface area (Å²) >= 11 is 0. The molecule has 0 saturated carbocycles. The van der Waals surface area contributed by atoms with Crippen LogP contribution in [-0.2, 0) is 11.2 Å². The van der Waals surface area contributed by atoms with E-state index < -0.39 is 0 Å². The number of fused-ring (bicyclic) bond motifs is 2. The van der Waals surface area contributed by atoms with Gasteiger partial charge in [0, 0.05) is 32.1 Å². The lowest BCUT2D eigenvalue weighted by molar-refractivity contribution is -0.0473. The minimum atomic E-state index is 0.269. The summed E-state index contributed by atoms with van der Waals surface area (Å²) in [6.45, 7) is 5.09. The highest BCUT2D eigenvalue weighted by molar-refractivity contribution is 5.37. The number of hydrogen-bond acceptors (Lipinski definition) is 4. The average Bonchev–Trinajstić information content (AvgIpc) is 3.12. The molecule has 114 valence electrons. The maximum Gasteiger partial charge on any atom is 0.123 e. The summed E-state index contributed by atoms with van der Waals surface area (Å²) in [6, 6.07) is 9.03. The quantitative estimate of drug-likeness (QED) is 0.909. The summed E-state index contributed by atoms with van der Waals surface area (Å²) in [6.07, 6.45) is 4.27. The largest absolute Gasteiger partial charge is 0.488 e. The number of ether oxygens (including phenoxy) is 2. The van der Waals surface area contributed by atoms with Crippen LogP contribution in [0.15, 0.2) is 24.3 Å². The van der Waals surface area contributed by atoms with Crippen LogP contribution in [0.25, 0.3) is 0 Å². The van der Waals surface area contributed by atoms with Gasteiger partial charge in [-0.2, -0.15) is 0 Å². The van der Waals surface area contributed by atoms with Crippen LogP contribution < -0.4 is 10.1 Å². The zero-order valence-corrected chi connectivity index (χ0v) is 12.5. The Hall–Kier alpha value is -1.10. The molecule has 3 unspecified atom stereocenters. The monoisotopic (exact) mass is 288 g/mol. The third-order valence-electron chi connectivity index (χ3n) is 4.92. The Balaban J connectivity index is 1.21. The molecule has 0 amide bonds. The second-order valence-electron chi connectivity index (χ2n) is 6.46. The van der Waals surface area contributed by atoms with Crippen molar-refractivity contribution in [3.8, 4) is 5.75 Å². The Morgan fingerprint density at radius 3 is 3.05 bits per heavy atom. The van der Waals surface area contributed by atoms with Crippen LogP contribution in [-0.4, -0.2) is 55.9 Å². The Bertz CT molecular complexity index is 468. The number of morpholine rings is 1. The molecule has 3 aliphatic rings. The minimum absolute atomic E-state index is 0.269. The highest BCUT2D eigenvalue weighted by Crippen LogP contribution is 2.27. The lowest BCUT2D eigenvalue weighted by Crippen LogP contribution is -2.50. The molecule has 0 radical (unpaired) electrons. The van der Waals surface area contributed by atoms with Crippen molar-refractivity contribution in [1.82, 2.24) is 10.2 Å². The standard InChI is InChI=1S/C17H24N2O2/c1-2-6-17-13(4-1)8-15(21-17)9-18-10-16-11-19-7-3-5-14(19)12-20-16/h1-2,4,6,14-16,18H,3,5,7-12H2. The molecule has 3 heterocycles. The first kappa shape index (κ1) is 13.6. The molecule has 4 rings (SSSR count). The molecule has 21 heavy (non-hydrogen) atoms. The Morgan fingerprint density at radius 2 is 2.10 bits per heavy atom. The number of nitrogens with one attached hydrogen (secondary N) is 1. The molecule has 4 nitrogen and oxygen atoms in total. The minimum Gasteiger partial charge on any atom is -0.488 e. The summed E-state index contributed by atoms with van der Waals surface area (Å²) in [5, 5.41) is 3.54. The van der Waals surface area contributed by atoms with E-state index in [-0.39, 0.29) is 6.10 Å². The molecule has 2 saturated heterocycles. The molecule has 0 aliphatic carbocycles. The maximum atomic E-state index is 5.97. The van der Waals surface area contributed by atoms with Gasteiger partial charge in [-0.1, -0.05) is 18.2 Å². The molecular weight excluding hydrogens is 264 g/mol. The maximum absolute atomic E-state index is 5.97. The lowest BCUT2D eigenvalue weighted by Gasteiger charge is -2.35.